The third kappa shape index (κ3) is 4.54. The zero-order valence-electron chi connectivity index (χ0n) is 11.6. The summed E-state index contributed by atoms with van der Waals surface area (Å²) >= 11 is 0. The molecule has 0 amide bonds. The molecule has 0 spiro atoms. The van der Waals surface area contributed by atoms with E-state index in [9.17, 15) is 8.42 Å². The number of aryl methyl sites for hydroxylation is 1. The summed E-state index contributed by atoms with van der Waals surface area (Å²) in [6.45, 7) is 2.37. The Kier molecular flexibility index (Phi) is 5.86. The number of aliphatic hydroxyl groups excluding tert-OH is 1. The largest absolute Gasteiger partial charge is 0.396 e. The minimum atomic E-state index is -3.51. The Morgan fingerprint density at radius 1 is 1.26 bits per heavy atom. The number of aromatic nitrogens is 1. The Balaban J connectivity index is 2.73. The van der Waals surface area contributed by atoms with E-state index in [1.54, 1.807) is 6.07 Å². The quantitative estimate of drug-likeness (QED) is 0.787. The molecule has 6 nitrogen and oxygen atoms in total. The van der Waals surface area contributed by atoms with Crippen molar-refractivity contribution in [1.82, 2.24) is 13.6 Å². The van der Waals surface area contributed by atoms with Gasteiger partial charge in [-0.2, -0.15) is 17.0 Å². The number of hydrogen-bond donors (Lipinski definition) is 1. The van der Waals surface area contributed by atoms with Gasteiger partial charge in [0.2, 0.25) is 0 Å². The van der Waals surface area contributed by atoms with Crippen molar-refractivity contribution in [2.24, 2.45) is 0 Å². The molecule has 0 bridgehead atoms. The molecule has 0 aliphatic heterocycles. The monoisotopic (exact) mass is 287 g/mol. The number of hydrogen-bond acceptors (Lipinski definition) is 4. The van der Waals surface area contributed by atoms with Crippen molar-refractivity contribution < 1.29 is 13.5 Å². The van der Waals surface area contributed by atoms with Crippen LogP contribution >= 0.6 is 0 Å². The number of pyridine rings is 1. The zero-order chi connectivity index (χ0) is 14.5. The van der Waals surface area contributed by atoms with Gasteiger partial charge in [-0.1, -0.05) is 6.07 Å². The first-order chi connectivity index (χ1) is 8.87. The molecule has 0 aromatic carbocycles. The summed E-state index contributed by atoms with van der Waals surface area (Å²) in [6, 6.07) is 5.52. The molecule has 0 aliphatic carbocycles. The van der Waals surface area contributed by atoms with Crippen LogP contribution in [0.25, 0.3) is 0 Å². The average Bonchev–Trinajstić information content (AvgIpc) is 2.35. The Morgan fingerprint density at radius 3 is 2.53 bits per heavy atom. The van der Waals surface area contributed by atoms with Crippen molar-refractivity contribution >= 4 is 10.2 Å². The minimum Gasteiger partial charge on any atom is -0.396 e. The van der Waals surface area contributed by atoms with Gasteiger partial charge in [0, 0.05) is 32.9 Å². The van der Waals surface area contributed by atoms with Gasteiger partial charge in [-0.3, -0.25) is 4.98 Å². The van der Waals surface area contributed by atoms with Gasteiger partial charge < -0.3 is 5.11 Å². The standard InChI is InChI=1S/C12H21N3O3S/c1-11-6-4-7-12(13-11)10-15(3)19(17,18)14(2)8-5-9-16/h4,6-7,16H,5,8-10H2,1-3H3. The van der Waals surface area contributed by atoms with Crippen molar-refractivity contribution in [3.05, 3.63) is 29.6 Å². The highest BCUT2D eigenvalue weighted by atomic mass is 32.2. The highest BCUT2D eigenvalue weighted by molar-refractivity contribution is 7.86. The van der Waals surface area contributed by atoms with Gasteiger partial charge in [0.1, 0.15) is 0 Å². The van der Waals surface area contributed by atoms with E-state index < -0.39 is 10.2 Å². The van der Waals surface area contributed by atoms with Gasteiger partial charge in [-0.25, -0.2) is 0 Å². The summed E-state index contributed by atoms with van der Waals surface area (Å²) in [5.74, 6) is 0. The smallest absolute Gasteiger partial charge is 0.281 e. The highest BCUT2D eigenvalue weighted by Crippen LogP contribution is 2.09. The second-order valence-corrected chi connectivity index (χ2v) is 6.58. The minimum absolute atomic E-state index is 0.0248. The van der Waals surface area contributed by atoms with E-state index in [1.807, 2.05) is 19.1 Å². The van der Waals surface area contributed by atoms with Gasteiger partial charge in [-0.05, 0) is 25.5 Å². The van der Waals surface area contributed by atoms with Gasteiger partial charge in [0.05, 0.1) is 12.2 Å². The molecule has 0 unspecified atom stereocenters. The molecule has 0 radical (unpaired) electrons. The van der Waals surface area contributed by atoms with Crippen molar-refractivity contribution in [2.75, 3.05) is 27.2 Å². The average molecular weight is 287 g/mol. The van der Waals surface area contributed by atoms with Crippen LogP contribution in [0, 0.1) is 6.92 Å². The summed E-state index contributed by atoms with van der Waals surface area (Å²) in [7, 11) is -0.479. The van der Waals surface area contributed by atoms with Crippen LogP contribution in [0.1, 0.15) is 17.8 Å². The summed E-state index contributed by atoms with van der Waals surface area (Å²) < 4.78 is 26.8. The molecular weight excluding hydrogens is 266 g/mol. The molecule has 0 saturated carbocycles. The Labute approximate surface area is 114 Å². The second-order valence-electron chi connectivity index (χ2n) is 4.43. The predicted octanol–water partition coefficient (Wildman–Crippen LogP) is 0.381. The van der Waals surface area contributed by atoms with Crippen LogP contribution in [0.4, 0.5) is 0 Å². The molecule has 108 valence electrons. The molecule has 1 N–H and O–H groups in total. The lowest BCUT2D eigenvalue weighted by Crippen LogP contribution is -2.40. The maximum Gasteiger partial charge on any atom is 0.281 e. The summed E-state index contributed by atoms with van der Waals surface area (Å²) in [4.78, 5) is 4.28. The van der Waals surface area contributed by atoms with E-state index in [0.29, 0.717) is 18.7 Å². The lowest BCUT2D eigenvalue weighted by atomic mass is 10.3. The predicted molar refractivity (Wildman–Crippen MR) is 73.7 cm³/mol. The fourth-order valence-electron chi connectivity index (χ4n) is 1.64. The number of nitrogens with zero attached hydrogens (tertiary/aromatic N) is 3. The molecule has 0 aliphatic rings. The first kappa shape index (κ1) is 16.0. The molecule has 0 saturated heterocycles. The van der Waals surface area contributed by atoms with Gasteiger partial charge >= 0.3 is 0 Å². The molecule has 0 atom stereocenters. The number of aliphatic hydroxyl groups is 1. The van der Waals surface area contributed by atoms with Crippen molar-refractivity contribution in [3.8, 4) is 0 Å². The van der Waals surface area contributed by atoms with Crippen LogP contribution in [0.5, 0.6) is 0 Å². The summed E-state index contributed by atoms with van der Waals surface area (Å²) in [6.07, 6.45) is 0.423. The van der Waals surface area contributed by atoms with E-state index >= 15 is 0 Å². The van der Waals surface area contributed by atoms with Crippen LogP contribution in [0.3, 0.4) is 0 Å². The maximum absolute atomic E-state index is 12.2. The fraction of sp³-hybridized carbons (Fsp3) is 0.583. The van der Waals surface area contributed by atoms with Crippen LogP contribution in [-0.2, 0) is 16.8 Å². The van der Waals surface area contributed by atoms with Gasteiger partial charge in [0.25, 0.3) is 10.2 Å². The molecule has 1 rings (SSSR count). The molecular formula is C12H21N3O3S. The fourth-order valence-corrected chi connectivity index (χ4v) is 2.78. The van der Waals surface area contributed by atoms with Crippen molar-refractivity contribution in [1.29, 1.82) is 0 Å². The Bertz CT molecular complexity index is 505. The van der Waals surface area contributed by atoms with E-state index in [-0.39, 0.29) is 13.2 Å². The summed E-state index contributed by atoms with van der Waals surface area (Å²) in [5.41, 5.74) is 1.57. The third-order valence-corrected chi connectivity index (χ3v) is 4.64. The van der Waals surface area contributed by atoms with Crippen molar-refractivity contribution in [2.45, 2.75) is 19.9 Å². The van der Waals surface area contributed by atoms with Gasteiger partial charge in [-0.15, -0.1) is 0 Å². The van der Waals surface area contributed by atoms with Crippen LogP contribution in [-0.4, -0.2) is 54.4 Å². The first-order valence-electron chi connectivity index (χ1n) is 6.09. The van der Waals surface area contributed by atoms with Crippen LogP contribution < -0.4 is 0 Å². The lowest BCUT2D eigenvalue weighted by molar-refractivity contribution is 0.272. The van der Waals surface area contributed by atoms with Crippen LogP contribution in [0.2, 0.25) is 0 Å². The zero-order valence-corrected chi connectivity index (χ0v) is 12.4. The van der Waals surface area contributed by atoms with E-state index in [0.717, 1.165) is 5.69 Å². The molecule has 7 heteroatoms. The van der Waals surface area contributed by atoms with E-state index in [4.69, 9.17) is 5.11 Å². The Morgan fingerprint density at radius 2 is 1.95 bits per heavy atom. The topological polar surface area (TPSA) is 73.7 Å². The van der Waals surface area contributed by atoms with Crippen molar-refractivity contribution in [3.63, 3.8) is 0 Å². The molecule has 19 heavy (non-hydrogen) atoms. The maximum atomic E-state index is 12.2. The molecule has 0 fully saturated rings. The Hall–Kier alpha value is -1.02. The molecule has 1 aromatic rings. The van der Waals surface area contributed by atoms with E-state index in [1.165, 1.54) is 22.7 Å². The second kappa shape index (κ2) is 6.95. The van der Waals surface area contributed by atoms with E-state index in [2.05, 4.69) is 4.98 Å². The SMILES string of the molecule is Cc1cccc(CN(C)S(=O)(=O)N(C)CCCO)n1. The molecule has 1 aromatic heterocycles. The van der Waals surface area contributed by atoms with Gasteiger partial charge in [0.15, 0.2) is 0 Å². The number of rotatable bonds is 7. The first-order valence-corrected chi connectivity index (χ1v) is 7.48. The third-order valence-electron chi connectivity index (χ3n) is 2.75. The normalized spacial score (nSPS) is 12.3. The summed E-state index contributed by atoms with van der Waals surface area (Å²) in [5, 5.41) is 8.74. The highest BCUT2D eigenvalue weighted by Gasteiger charge is 2.23. The lowest BCUT2D eigenvalue weighted by Gasteiger charge is -2.24. The van der Waals surface area contributed by atoms with Crippen LogP contribution in [0.15, 0.2) is 18.2 Å². The molecule has 1 heterocycles.